The molecule has 0 bridgehead atoms. The van der Waals surface area contributed by atoms with E-state index in [-0.39, 0.29) is 0 Å². The van der Waals surface area contributed by atoms with Crippen LogP contribution in [0.1, 0.15) is 0 Å². The Labute approximate surface area is 130 Å². The van der Waals surface area contributed by atoms with Gasteiger partial charge in [0.25, 0.3) is 0 Å². The Bertz CT molecular complexity index is 393. The minimum Gasteiger partial charge on any atom is -0.394 e. The van der Waals surface area contributed by atoms with Crippen molar-refractivity contribution in [2.75, 3.05) is 19.8 Å². The van der Waals surface area contributed by atoms with Crippen LogP contribution >= 0.6 is 0 Å². The summed E-state index contributed by atoms with van der Waals surface area (Å²) in [7, 11) is 0. The lowest BCUT2D eigenvalue weighted by Crippen LogP contribution is -2.65. The summed E-state index contributed by atoms with van der Waals surface area (Å²) in [5.74, 6) is -2.35. The van der Waals surface area contributed by atoms with Crippen molar-refractivity contribution in [3.05, 3.63) is 0 Å². The SMILES string of the molecule is OCC1OC(OC2CO[C@](O)(CO)C(O)C2O)C(O)C(O)C1O. The predicted molar refractivity (Wildman–Crippen MR) is 68.6 cm³/mol. The Kier molecular flexibility index (Phi) is 5.92. The van der Waals surface area contributed by atoms with Crippen LogP contribution in [0.4, 0.5) is 0 Å². The first-order valence-corrected chi connectivity index (χ1v) is 7.04. The molecule has 2 aliphatic rings. The van der Waals surface area contributed by atoms with Crippen LogP contribution in [0.25, 0.3) is 0 Å². The normalized spacial score (nSPS) is 51.7. The van der Waals surface area contributed by atoms with Gasteiger partial charge in [0.2, 0.25) is 5.79 Å². The van der Waals surface area contributed by atoms with E-state index in [0.29, 0.717) is 0 Å². The van der Waals surface area contributed by atoms with Gasteiger partial charge in [0.15, 0.2) is 6.29 Å². The lowest BCUT2D eigenvalue weighted by molar-refractivity contribution is -0.367. The summed E-state index contributed by atoms with van der Waals surface area (Å²) >= 11 is 0. The molecule has 8 unspecified atom stereocenters. The standard InChI is InChI=1S/C12H22O11/c13-1-4-6(15)8(17)9(18)11(22-4)23-5-2-21-12(20,3-14)10(19)7(5)16/h4-11,13-20H,1-3H2/t4?,5?,6?,7?,8?,9?,10?,11?,12-/m1/s1. The lowest BCUT2D eigenvalue weighted by atomic mass is 9.96. The third-order valence-corrected chi connectivity index (χ3v) is 4.05. The lowest BCUT2D eigenvalue weighted by Gasteiger charge is -2.45. The second kappa shape index (κ2) is 7.21. The fourth-order valence-corrected chi connectivity index (χ4v) is 2.49. The minimum atomic E-state index is -2.35. The number of aliphatic hydroxyl groups excluding tert-OH is 7. The van der Waals surface area contributed by atoms with Crippen LogP contribution in [0.2, 0.25) is 0 Å². The molecule has 0 aromatic rings. The molecule has 9 atom stereocenters. The first-order valence-electron chi connectivity index (χ1n) is 7.04. The van der Waals surface area contributed by atoms with Crippen molar-refractivity contribution in [3.8, 4) is 0 Å². The molecule has 0 amide bonds. The average molecular weight is 342 g/mol. The monoisotopic (exact) mass is 342 g/mol. The van der Waals surface area contributed by atoms with E-state index in [0.717, 1.165) is 0 Å². The van der Waals surface area contributed by atoms with Gasteiger partial charge in [0.1, 0.15) is 42.7 Å². The second-order valence-corrected chi connectivity index (χ2v) is 5.62. The van der Waals surface area contributed by atoms with E-state index in [2.05, 4.69) is 0 Å². The van der Waals surface area contributed by atoms with Gasteiger partial charge in [0, 0.05) is 0 Å². The zero-order valence-electron chi connectivity index (χ0n) is 12.0. The number of hydrogen-bond acceptors (Lipinski definition) is 11. The maximum atomic E-state index is 9.94. The number of hydrogen-bond donors (Lipinski definition) is 8. The quantitative estimate of drug-likeness (QED) is 0.243. The molecule has 0 radical (unpaired) electrons. The van der Waals surface area contributed by atoms with Gasteiger partial charge >= 0.3 is 0 Å². The van der Waals surface area contributed by atoms with E-state index in [9.17, 15) is 30.6 Å². The van der Waals surface area contributed by atoms with E-state index in [1.807, 2.05) is 0 Å². The van der Waals surface area contributed by atoms with Gasteiger partial charge < -0.3 is 55.1 Å². The van der Waals surface area contributed by atoms with Crippen LogP contribution in [-0.4, -0.2) is 115 Å². The molecule has 2 aliphatic heterocycles. The number of aliphatic hydroxyl groups is 8. The number of rotatable bonds is 4. The molecule has 23 heavy (non-hydrogen) atoms. The molecule has 2 heterocycles. The van der Waals surface area contributed by atoms with Gasteiger partial charge in [-0.3, -0.25) is 0 Å². The van der Waals surface area contributed by atoms with Gasteiger partial charge in [-0.05, 0) is 0 Å². The summed E-state index contributed by atoms with van der Waals surface area (Å²) in [5.41, 5.74) is 0. The molecular weight excluding hydrogens is 320 g/mol. The maximum Gasteiger partial charge on any atom is 0.218 e. The molecule has 8 N–H and O–H groups in total. The molecule has 2 fully saturated rings. The van der Waals surface area contributed by atoms with Crippen molar-refractivity contribution in [1.29, 1.82) is 0 Å². The van der Waals surface area contributed by atoms with E-state index in [4.69, 9.17) is 24.4 Å². The highest BCUT2D eigenvalue weighted by Gasteiger charge is 2.51. The molecule has 0 aliphatic carbocycles. The van der Waals surface area contributed by atoms with Crippen LogP contribution in [0.5, 0.6) is 0 Å². The number of ether oxygens (including phenoxy) is 3. The van der Waals surface area contributed by atoms with E-state index < -0.39 is 74.6 Å². The summed E-state index contributed by atoms with van der Waals surface area (Å²) in [4.78, 5) is 0. The van der Waals surface area contributed by atoms with Gasteiger partial charge in [-0.1, -0.05) is 0 Å². The van der Waals surface area contributed by atoms with Crippen LogP contribution in [0.3, 0.4) is 0 Å². The largest absolute Gasteiger partial charge is 0.394 e. The highest BCUT2D eigenvalue weighted by molar-refractivity contribution is 4.94. The highest BCUT2D eigenvalue weighted by Crippen LogP contribution is 2.29. The van der Waals surface area contributed by atoms with Gasteiger partial charge in [-0.2, -0.15) is 0 Å². The third-order valence-electron chi connectivity index (χ3n) is 4.05. The zero-order valence-corrected chi connectivity index (χ0v) is 12.0. The predicted octanol–water partition coefficient (Wildman–Crippen LogP) is -5.40. The molecule has 11 nitrogen and oxygen atoms in total. The van der Waals surface area contributed by atoms with Crippen molar-refractivity contribution in [2.24, 2.45) is 0 Å². The topological polar surface area (TPSA) is 190 Å². The van der Waals surface area contributed by atoms with Crippen LogP contribution < -0.4 is 0 Å². The van der Waals surface area contributed by atoms with Crippen molar-refractivity contribution in [2.45, 2.75) is 54.8 Å². The van der Waals surface area contributed by atoms with Gasteiger partial charge in [-0.15, -0.1) is 0 Å². The summed E-state index contributed by atoms with van der Waals surface area (Å²) in [6.07, 6.45) is -12.5. The Balaban J connectivity index is 2.04. The molecule has 0 aromatic heterocycles. The second-order valence-electron chi connectivity index (χ2n) is 5.62. The maximum absolute atomic E-state index is 9.94. The first-order chi connectivity index (χ1) is 10.7. The van der Waals surface area contributed by atoms with Crippen molar-refractivity contribution < 1.29 is 55.1 Å². The Morgan fingerprint density at radius 3 is 2.17 bits per heavy atom. The fraction of sp³-hybridized carbons (Fsp3) is 1.00. The van der Waals surface area contributed by atoms with Crippen LogP contribution in [0.15, 0.2) is 0 Å². The molecule has 0 saturated carbocycles. The first kappa shape index (κ1) is 18.9. The molecule has 136 valence electrons. The van der Waals surface area contributed by atoms with Gasteiger partial charge in [0.05, 0.1) is 19.8 Å². The van der Waals surface area contributed by atoms with Crippen molar-refractivity contribution in [3.63, 3.8) is 0 Å². The van der Waals surface area contributed by atoms with Crippen molar-refractivity contribution >= 4 is 0 Å². The van der Waals surface area contributed by atoms with Crippen LogP contribution in [-0.2, 0) is 14.2 Å². The summed E-state index contributed by atoms with van der Waals surface area (Å²) in [5, 5.41) is 76.6. The molecular formula is C12H22O11. The molecule has 2 saturated heterocycles. The van der Waals surface area contributed by atoms with E-state index in [1.54, 1.807) is 0 Å². The minimum absolute atomic E-state index is 0.454. The van der Waals surface area contributed by atoms with E-state index in [1.165, 1.54) is 0 Å². The molecule has 2 rings (SSSR count). The highest BCUT2D eigenvalue weighted by atomic mass is 16.7. The zero-order chi connectivity index (χ0) is 17.4. The smallest absolute Gasteiger partial charge is 0.218 e. The Morgan fingerprint density at radius 2 is 1.61 bits per heavy atom. The summed E-state index contributed by atoms with van der Waals surface area (Å²) in [6.45, 7) is -2.07. The fourth-order valence-electron chi connectivity index (χ4n) is 2.49. The van der Waals surface area contributed by atoms with Gasteiger partial charge in [-0.25, -0.2) is 0 Å². The van der Waals surface area contributed by atoms with Crippen molar-refractivity contribution in [1.82, 2.24) is 0 Å². The Hall–Kier alpha value is -0.440. The molecule has 0 aromatic carbocycles. The summed E-state index contributed by atoms with van der Waals surface area (Å²) in [6, 6.07) is 0. The third kappa shape index (κ3) is 3.50. The molecule has 0 spiro atoms. The molecule has 11 heteroatoms. The summed E-state index contributed by atoms with van der Waals surface area (Å²) < 4.78 is 15.2. The average Bonchev–Trinajstić information content (AvgIpc) is 2.55. The Morgan fingerprint density at radius 1 is 0.957 bits per heavy atom. The van der Waals surface area contributed by atoms with Crippen LogP contribution in [0, 0.1) is 0 Å². The van der Waals surface area contributed by atoms with E-state index >= 15 is 0 Å².